The van der Waals surface area contributed by atoms with Crippen LogP contribution >= 0.6 is 11.6 Å². The van der Waals surface area contributed by atoms with Gasteiger partial charge < -0.3 is 14.8 Å². The van der Waals surface area contributed by atoms with Crippen LogP contribution in [0.1, 0.15) is 12.5 Å². The molecule has 0 saturated heterocycles. The number of rotatable bonds is 9. The van der Waals surface area contributed by atoms with Crippen molar-refractivity contribution >= 4 is 33.2 Å². The Morgan fingerprint density at radius 3 is 2.34 bits per heavy atom. The third kappa shape index (κ3) is 6.01. The highest BCUT2D eigenvalue weighted by atomic mass is 35.5. The van der Waals surface area contributed by atoms with Gasteiger partial charge in [-0.25, -0.2) is 8.42 Å². The molecular weight excluding hydrogens is 416 g/mol. The molecule has 0 spiro atoms. The van der Waals surface area contributed by atoms with Crippen molar-refractivity contribution in [3.8, 4) is 11.5 Å². The first kappa shape index (κ1) is 22.8. The Morgan fingerprint density at radius 1 is 1.14 bits per heavy atom. The lowest BCUT2D eigenvalue weighted by molar-refractivity contribution is -0.121. The number of carbonyl (C=O) groups is 1. The van der Waals surface area contributed by atoms with Crippen molar-refractivity contribution in [1.29, 1.82) is 0 Å². The zero-order chi connectivity index (χ0) is 21.6. The second kappa shape index (κ2) is 9.84. The molecule has 0 aliphatic rings. The fourth-order valence-corrected chi connectivity index (χ4v) is 4.22. The van der Waals surface area contributed by atoms with Gasteiger partial charge in [-0.15, -0.1) is 0 Å². The smallest absolute Gasteiger partial charge is 0.243 e. The van der Waals surface area contributed by atoms with Crippen LogP contribution in [0.25, 0.3) is 0 Å². The van der Waals surface area contributed by atoms with Crippen molar-refractivity contribution in [2.75, 3.05) is 31.3 Å². The molecule has 0 heterocycles. The van der Waals surface area contributed by atoms with Gasteiger partial charge in [0.05, 0.1) is 26.2 Å². The molecule has 2 rings (SSSR count). The van der Waals surface area contributed by atoms with Crippen LogP contribution in [0.3, 0.4) is 0 Å². The van der Waals surface area contributed by atoms with Crippen LogP contribution in [0.15, 0.2) is 42.5 Å². The molecule has 1 amide bonds. The van der Waals surface area contributed by atoms with Crippen molar-refractivity contribution in [1.82, 2.24) is 5.32 Å². The van der Waals surface area contributed by atoms with Gasteiger partial charge >= 0.3 is 0 Å². The van der Waals surface area contributed by atoms with Gasteiger partial charge in [0.1, 0.15) is 17.5 Å². The third-order valence-corrected chi connectivity index (χ3v) is 5.80. The van der Waals surface area contributed by atoms with Crippen molar-refractivity contribution in [2.24, 2.45) is 0 Å². The van der Waals surface area contributed by atoms with Crippen LogP contribution in [0.2, 0.25) is 5.02 Å². The molecular formula is C20H25ClN2O5S. The number of sulfonamides is 1. The summed E-state index contributed by atoms with van der Waals surface area (Å²) in [5.41, 5.74) is 1.23. The molecule has 1 N–H and O–H groups in total. The molecule has 0 saturated carbocycles. The monoisotopic (exact) mass is 440 g/mol. The van der Waals surface area contributed by atoms with E-state index in [1.165, 1.54) is 20.1 Å². The molecule has 0 aromatic heterocycles. The predicted octanol–water partition coefficient (Wildman–Crippen LogP) is 2.87. The van der Waals surface area contributed by atoms with Gasteiger partial charge in [0.25, 0.3) is 0 Å². The molecule has 9 heteroatoms. The summed E-state index contributed by atoms with van der Waals surface area (Å²) in [5, 5.41) is 3.12. The lowest BCUT2D eigenvalue weighted by atomic mass is 10.1. The number of halogens is 1. The lowest BCUT2D eigenvalue weighted by Crippen LogP contribution is -2.48. The molecule has 1 unspecified atom stereocenters. The number of nitrogens with one attached hydrogen (secondary N) is 1. The topological polar surface area (TPSA) is 84.9 Å². The van der Waals surface area contributed by atoms with Crippen LogP contribution < -0.4 is 19.1 Å². The highest BCUT2D eigenvalue weighted by Gasteiger charge is 2.31. The van der Waals surface area contributed by atoms with Crippen molar-refractivity contribution in [2.45, 2.75) is 19.4 Å². The van der Waals surface area contributed by atoms with E-state index in [4.69, 9.17) is 21.1 Å². The number of anilines is 1. The molecule has 2 aromatic rings. The van der Waals surface area contributed by atoms with Gasteiger partial charge in [0, 0.05) is 11.6 Å². The molecule has 0 aliphatic heterocycles. The van der Waals surface area contributed by atoms with Crippen LogP contribution in [0.5, 0.6) is 11.5 Å². The molecule has 29 heavy (non-hydrogen) atoms. The largest absolute Gasteiger partial charge is 0.497 e. The summed E-state index contributed by atoms with van der Waals surface area (Å²) in [6.07, 6.45) is 1.64. The van der Waals surface area contributed by atoms with E-state index in [0.29, 0.717) is 23.7 Å². The quantitative estimate of drug-likeness (QED) is 0.648. The highest BCUT2D eigenvalue weighted by Crippen LogP contribution is 2.34. The van der Waals surface area contributed by atoms with Gasteiger partial charge in [-0.2, -0.15) is 0 Å². The summed E-state index contributed by atoms with van der Waals surface area (Å²) in [4.78, 5) is 12.7. The number of hydrogen-bond acceptors (Lipinski definition) is 5. The molecule has 0 fully saturated rings. The SMILES string of the molecule is COc1ccc(CCNC(=O)C(C)N(c2cc(Cl)ccc2OC)S(C)(=O)=O)cc1. The van der Waals surface area contributed by atoms with E-state index in [1.807, 2.05) is 24.3 Å². The van der Waals surface area contributed by atoms with Gasteiger partial charge in [0.15, 0.2) is 0 Å². The molecule has 158 valence electrons. The van der Waals surface area contributed by atoms with Crippen molar-refractivity contribution < 1.29 is 22.7 Å². The minimum absolute atomic E-state index is 0.209. The number of ether oxygens (including phenoxy) is 2. The molecule has 0 radical (unpaired) electrons. The maximum atomic E-state index is 12.7. The van der Waals surface area contributed by atoms with Gasteiger partial charge in [0.2, 0.25) is 15.9 Å². The Bertz CT molecular complexity index is 948. The first-order chi connectivity index (χ1) is 13.7. The van der Waals surface area contributed by atoms with Crippen LogP contribution in [-0.2, 0) is 21.2 Å². The number of methoxy groups -OCH3 is 2. The second-order valence-electron chi connectivity index (χ2n) is 6.44. The summed E-state index contributed by atoms with van der Waals surface area (Å²) < 4.78 is 36.3. The van der Waals surface area contributed by atoms with Crippen LogP contribution in [0.4, 0.5) is 5.69 Å². The van der Waals surface area contributed by atoms with Crippen LogP contribution in [-0.4, -0.2) is 47.4 Å². The fourth-order valence-electron chi connectivity index (χ4n) is 2.89. The zero-order valence-corrected chi connectivity index (χ0v) is 18.4. The Balaban J connectivity index is 2.14. The average molecular weight is 441 g/mol. The maximum Gasteiger partial charge on any atom is 0.243 e. The molecule has 2 aromatic carbocycles. The molecule has 0 bridgehead atoms. The first-order valence-electron chi connectivity index (χ1n) is 8.91. The zero-order valence-electron chi connectivity index (χ0n) is 16.8. The van der Waals surface area contributed by atoms with Crippen molar-refractivity contribution in [3.05, 3.63) is 53.1 Å². The Kier molecular flexibility index (Phi) is 7.75. The fraction of sp³-hybridized carbons (Fsp3) is 0.350. The summed E-state index contributed by atoms with van der Waals surface area (Å²) >= 11 is 6.04. The van der Waals surface area contributed by atoms with E-state index in [9.17, 15) is 13.2 Å². The highest BCUT2D eigenvalue weighted by molar-refractivity contribution is 7.92. The standard InChI is InChI=1S/C20H25ClN2O5S/c1-14(20(24)22-12-11-15-5-8-17(27-2)9-6-15)23(29(4,25)26)18-13-16(21)7-10-19(18)28-3/h5-10,13-14H,11-12H2,1-4H3,(H,22,24). The minimum Gasteiger partial charge on any atom is -0.497 e. The van der Waals surface area contributed by atoms with Crippen molar-refractivity contribution in [3.63, 3.8) is 0 Å². The lowest BCUT2D eigenvalue weighted by Gasteiger charge is -2.29. The Morgan fingerprint density at radius 2 is 1.79 bits per heavy atom. The summed E-state index contributed by atoms with van der Waals surface area (Å²) in [7, 11) is -0.757. The van der Waals surface area contributed by atoms with E-state index in [-0.39, 0.29) is 5.69 Å². The third-order valence-electron chi connectivity index (χ3n) is 4.34. The number of nitrogens with zero attached hydrogens (tertiary/aromatic N) is 1. The van der Waals surface area contributed by atoms with Crippen LogP contribution in [0, 0.1) is 0 Å². The molecule has 1 atom stereocenters. The van der Waals surface area contributed by atoms with Gasteiger partial charge in [-0.3, -0.25) is 9.10 Å². The van der Waals surface area contributed by atoms with E-state index in [0.717, 1.165) is 21.9 Å². The average Bonchev–Trinajstić information content (AvgIpc) is 2.67. The number of amides is 1. The number of benzene rings is 2. The second-order valence-corrected chi connectivity index (χ2v) is 8.74. The summed E-state index contributed by atoms with van der Waals surface area (Å²) in [5.74, 6) is 0.634. The Labute approximate surface area is 176 Å². The van der Waals surface area contributed by atoms with E-state index < -0.39 is 22.0 Å². The number of hydrogen-bond donors (Lipinski definition) is 1. The predicted molar refractivity (Wildman–Crippen MR) is 114 cm³/mol. The summed E-state index contributed by atoms with van der Waals surface area (Å²) in [6, 6.07) is 11.1. The molecule has 7 nitrogen and oxygen atoms in total. The van der Waals surface area contributed by atoms with E-state index in [1.54, 1.807) is 19.2 Å². The number of carbonyl (C=O) groups excluding carboxylic acids is 1. The maximum absolute atomic E-state index is 12.7. The van der Waals surface area contributed by atoms with E-state index in [2.05, 4.69) is 5.32 Å². The van der Waals surface area contributed by atoms with Gasteiger partial charge in [-0.05, 0) is 49.2 Å². The molecule has 0 aliphatic carbocycles. The van der Waals surface area contributed by atoms with E-state index >= 15 is 0 Å². The minimum atomic E-state index is -3.78. The normalized spacial score (nSPS) is 12.2. The summed E-state index contributed by atoms with van der Waals surface area (Å²) in [6.45, 7) is 1.88. The van der Waals surface area contributed by atoms with Gasteiger partial charge in [-0.1, -0.05) is 23.7 Å². The first-order valence-corrected chi connectivity index (χ1v) is 11.1. The Hall–Kier alpha value is -2.45.